The number of nitrogens with one attached hydrogen (secondary N) is 1. The molecule has 0 saturated heterocycles. The Hall–Kier alpha value is -3.55. The van der Waals surface area contributed by atoms with Gasteiger partial charge in [-0.2, -0.15) is 0 Å². The average molecular weight is 490 g/mol. The molecule has 34 heavy (non-hydrogen) atoms. The molecule has 6 nitrogen and oxygen atoms in total. The van der Waals surface area contributed by atoms with Gasteiger partial charge in [-0.1, -0.05) is 47.6 Å². The highest BCUT2D eigenvalue weighted by Crippen LogP contribution is 2.30. The molecule has 0 atom stereocenters. The first-order valence-electron chi connectivity index (χ1n) is 10.6. The summed E-state index contributed by atoms with van der Waals surface area (Å²) in [5.74, 6) is 0.560. The first-order chi connectivity index (χ1) is 16.5. The average Bonchev–Trinajstić information content (AvgIpc) is 3.22. The second kappa shape index (κ2) is 9.00. The molecule has 170 valence electrons. The molecule has 0 fully saturated rings. The van der Waals surface area contributed by atoms with E-state index in [9.17, 15) is 9.59 Å². The topological polar surface area (TPSA) is 77.0 Å². The largest absolute Gasteiger partial charge is 0.495 e. The molecule has 1 N–H and O–H groups in total. The van der Waals surface area contributed by atoms with Crippen LogP contribution in [0.4, 0.5) is 0 Å². The maximum atomic E-state index is 13.8. The Kier molecular flexibility index (Phi) is 5.89. The lowest BCUT2D eigenvalue weighted by Crippen LogP contribution is -2.23. The highest BCUT2D eigenvalue weighted by molar-refractivity contribution is 7.99. The Bertz CT molecular complexity index is 1610. The fourth-order valence-electron chi connectivity index (χ4n) is 3.88. The molecule has 0 unspecified atom stereocenters. The van der Waals surface area contributed by atoms with E-state index in [1.165, 1.54) is 16.3 Å². The molecule has 0 aliphatic heterocycles. The van der Waals surface area contributed by atoms with E-state index in [1.807, 2.05) is 49.4 Å². The van der Waals surface area contributed by atoms with E-state index in [0.717, 1.165) is 16.5 Å². The first-order valence-corrected chi connectivity index (χ1v) is 11.9. The van der Waals surface area contributed by atoms with Gasteiger partial charge in [-0.15, -0.1) is 0 Å². The molecule has 0 aliphatic rings. The van der Waals surface area contributed by atoms with Crippen LogP contribution in [0.15, 0.2) is 76.7 Å². The lowest BCUT2D eigenvalue weighted by atomic mass is 10.1. The summed E-state index contributed by atoms with van der Waals surface area (Å²) in [7, 11) is 1.56. The number of para-hydroxylation sites is 1. The normalized spacial score (nSPS) is 11.3. The number of Topliss-reactive ketones (excluding diaryl/α,β-unsaturated/α-hetero) is 1. The fourth-order valence-corrected chi connectivity index (χ4v) is 4.89. The van der Waals surface area contributed by atoms with E-state index < -0.39 is 0 Å². The van der Waals surface area contributed by atoms with Gasteiger partial charge >= 0.3 is 0 Å². The number of halogens is 1. The molecule has 0 radical (unpaired) electrons. The van der Waals surface area contributed by atoms with E-state index in [-0.39, 0.29) is 17.1 Å². The maximum Gasteiger partial charge on any atom is 0.283 e. The zero-order chi connectivity index (χ0) is 23.8. The molecule has 8 heteroatoms. The van der Waals surface area contributed by atoms with Crippen molar-refractivity contribution < 1.29 is 9.53 Å². The van der Waals surface area contributed by atoms with E-state index in [2.05, 4.69) is 4.98 Å². The van der Waals surface area contributed by atoms with Gasteiger partial charge in [0.2, 0.25) is 0 Å². The SMILES string of the molecule is COc1ccc(C)cc1-n1c(SCC(=O)c2ccc(Cl)cc2)nc2c([nH]c3ccccc32)c1=O. The van der Waals surface area contributed by atoms with Crippen LogP contribution in [0.1, 0.15) is 15.9 Å². The van der Waals surface area contributed by atoms with Crippen molar-refractivity contribution in [1.29, 1.82) is 0 Å². The highest BCUT2D eigenvalue weighted by atomic mass is 35.5. The number of H-pyrrole nitrogens is 1. The number of rotatable bonds is 6. The zero-order valence-electron chi connectivity index (χ0n) is 18.5. The lowest BCUT2D eigenvalue weighted by Gasteiger charge is -2.15. The van der Waals surface area contributed by atoms with Gasteiger partial charge in [-0.05, 0) is 55.0 Å². The molecular weight excluding hydrogens is 470 g/mol. The molecule has 3 aromatic carbocycles. The standard InChI is InChI=1S/C26H20ClN3O3S/c1-15-7-12-22(33-2)20(13-15)30-25(32)24-23(18-5-3-4-6-19(18)28-24)29-26(30)34-14-21(31)16-8-10-17(27)11-9-16/h3-13,28H,14H2,1-2H3. The Morgan fingerprint density at radius 3 is 2.65 bits per heavy atom. The third-order valence-corrected chi connectivity index (χ3v) is 6.76. The Balaban J connectivity index is 1.68. The van der Waals surface area contributed by atoms with Gasteiger partial charge < -0.3 is 9.72 Å². The third kappa shape index (κ3) is 3.97. The summed E-state index contributed by atoms with van der Waals surface area (Å²) >= 11 is 7.16. The maximum absolute atomic E-state index is 13.8. The van der Waals surface area contributed by atoms with Crippen molar-refractivity contribution in [2.75, 3.05) is 12.9 Å². The lowest BCUT2D eigenvalue weighted by molar-refractivity contribution is 0.102. The van der Waals surface area contributed by atoms with Crippen LogP contribution < -0.4 is 10.3 Å². The third-order valence-electron chi connectivity index (χ3n) is 5.57. The molecule has 0 spiro atoms. The van der Waals surface area contributed by atoms with Crippen molar-refractivity contribution in [3.8, 4) is 11.4 Å². The number of hydrogen-bond acceptors (Lipinski definition) is 5. The Morgan fingerprint density at radius 1 is 1.12 bits per heavy atom. The number of fused-ring (bicyclic) bond motifs is 3. The van der Waals surface area contributed by atoms with Gasteiger partial charge in [0.1, 0.15) is 16.8 Å². The number of aryl methyl sites for hydroxylation is 1. The van der Waals surface area contributed by atoms with Gasteiger partial charge in [0.25, 0.3) is 5.56 Å². The van der Waals surface area contributed by atoms with Crippen LogP contribution in [0.25, 0.3) is 27.6 Å². The molecule has 0 aliphatic carbocycles. The van der Waals surface area contributed by atoms with Crippen LogP contribution in [0.3, 0.4) is 0 Å². The molecule has 0 saturated carbocycles. The number of hydrogen-bond donors (Lipinski definition) is 1. The summed E-state index contributed by atoms with van der Waals surface area (Å²) in [4.78, 5) is 34.7. The molecule has 0 bridgehead atoms. The first kappa shape index (κ1) is 22.3. The second-order valence-electron chi connectivity index (χ2n) is 7.82. The van der Waals surface area contributed by atoms with Crippen LogP contribution in [-0.4, -0.2) is 33.2 Å². The van der Waals surface area contributed by atoms with Crippen LogP contribution in [-0.2, 0) is 0 Å². The summed E-state index contributed by atoms with van der Waals surface area (Å²) in [6.45, 7) is 1.94. The van der Waals surface area contributed by atoms with Crippen molar-refractivity contribution in [2.45, 2.75) is 12.1 Å². The summed E-state index contributed by atoms with van der Waals surface area (Å²) < 4.78 is 7.07. The minimum atomic E-state index is -0.258. The number of benzene rings is 3. The predicted molar refractivity (Wildman–Crippen MR) is 137 cm³/mol. The van der Waals surface area contributed by atoms with Crippen LogP contribution in [0.2, 0.25) is 5.02 Å². The molecule has 5 aromatic rings. The second-order valence-corrected chi connectivity index (χ2v) is 9.20. The van der Waals surface area contributed by atoms with Crippen molar-refractivity contribution in [1.82, 2.24) is 14.5 Å². The number of aromatic nitrogens is 3. The van der Waals surface area contributed by atoms with E-state index >= 15 is 0 Å². The van der Waals surface area contributed by atoms with Crippen molar-refractivity contribution >= 4 is 51.1 Å². The molecular formula is C26H20ClN3O3S. The summed E-state index contributed by atoms with van der Waals surface area (Å²) in [5.41, 5.74) is 3.63. The number of ether oxygens (including phenoxy) is 1. The van der Waals surface area contributed by atoms with Crippen LogP contribution in [0, 0.1) is 6.92 Å². The number of carbonyl (C=O) groups excluding carboxylic acids is 1. The Morgan fingerprint density at radius 2 is 1.88 bits per heavy atom. The van der Waals surface area contributed by atoms with E-state index in [1.54, 1.807) is 31.4 Å². The van der Waals surface area contributed by atoms with Crippen LogP contribution >= 0.6 is 23.4 Å². The van der Waals surface area contributed by atoms with Crippen molar-refractivity contribution in [2.24, 2.45) is 0 Å². The van der Waals surface area contributed by atoms with Crippen molar-refractivity contribution in [3.05, 3.63) is 93.2 Å². The van der Waals surface area contributed by atoms with Crippen LogP contribution in [0.5, 0.6) is 5.75 Å². The molecule has 5 rings (SSSR count). The minimum absolute atomic E-state index is 0.0855. The van der Waals surface area contributed by atoms with E-state index in [4.69, 9.17) is 21.3 Å². The summed E-state index contributed by atoms with van der Waals surface area (Å²) in [6.07, 6.45) is 0. The smallest absolute Gasteiger partial charge is 0.283 e. The van der Waals surface area contributed by atoms with Gasteiger partial charge in [0.15, 0.2) is 10.9 Å². The number of methoxy groups -OCH3 is 1. The van der Waals surface area contributed by atoms with E-state index in [0.29, 0.717) is 38.2 Å². The van der Waals surface area contributed by atoms with Crippen molar-refractivity contribution in [3.63, 3.8) is 0 Å². The number of carbonyl (C=O) groups is 1. The summed E-state index contributed by atoms with van der Waals surface area (Å²) in [5, 5.41) is 1.83. The van der Waals surface area contributed by atoms with Gasteiger partial charge in [-0.25, -0.2) is 9.55 Å². The number of aromatic amines is 1. The number of nitrogens with zero attached hydrogens (tertiary/aromatic N) is 2. The minimum Gasteiger partial charge on any atom is -0.495 e. The molecule has 0 amide bonds. The summed E-state index contributed by atoms with van der Waals surface area (Å²) in [6, 6.07) is 20.0. The monoisotopic (exact) mass is 489 g/mol. The van der Waals surface area contributed by atoms with Gasteiger partial charge in [-0.3, -0.25) is 9.59 Å². The number of ketones is 1. The number of thioether (sulfide) groups is 1. The molecule has 2 heterocycles. The zero-order valence-corrected chi connectivity index (χ0v) is 20.0. The van der Waals surface area contributed by atoms with Gasteiger partial charge in [0, 0.05) is 21.5 Å². The van der Waals surface area contributed by atoms with Gasteiger partial charge in [0.05, 0.1) is 18.6 Å². The fraction of sp³-hybridized carbons (Fsp3) is 0.115. The highest BCUT2D eigenvalue weighted by Gasteiger charge is 2.20. The predicted octanol–water partition coefficient (Wildman–Crippen LogP) is 5.81. The quantitative estimate of drug-likeness (QED) is 0.185. The molecule has 2 aromatic heterocycles. The Labute approximate surface area is 204 Å².